The maximum Gasteiger partial charge on any atom is 0.240 e. The van der Waals surface area contributed by atoms with E-state index < -0.39 is 0 Å². The van der Waals surface area contributed by atoms with E-state index in [0.29, 0.717) is 24.9 Å². The first kappa shape index (κ1) is 12.1. The van der Waals surface area contributed by atoms with Crippen LogP contribution in [0.4, 0.5) is 0 Å². The molecule has 1 aromatic rings. The molecule has 4 nitrogen and oxygen atoms in total. The summed E-state index contributed by atoms with van der Waals surface area (Å²) in [6.45, 7) is 3.39. The first-order valence-electron chi connectivity index (χ1n) is 6.26. The summed E-state index contributed by atoms with van der Waals surface area (Å²) in [4.78, 5) is 4.42. The van der Waals surface area contributed by atoms with Gasteiger partial charge in [-0.05, 0) is 18.8 Å². The van der Waals surface area contributed by atoms with Gasteiger partial charge in [0.15, 0.2) is 5.82 Å². The third-order valence-electron chi connectivity index (χ3n) is 3.37. The number of aromatic nitrogens is 2. The zero-order valence-corrected chi connectivity index (χ0v) is 10.3. The summed E-state index contributed by atoms with van der Waals surface area (Å²) in [5, 5.41) is 7.11. The molecule has 1 aliphatic rings. The van der Waals surface area contributed by atoms with E-state index in [9.17, 15) is 0 Å². The predicted octanol–water partition coefficient (Wildman–Crippen LogP) is 2.09. The Morgan fingerprint density at radius 1 is 1.41 bits per heavy atom. The molecule has 1 saturated carbocycles. The second-order valence-electron chi connectivity index (χ2n) is 4.81. The van der Waals surface area contributed by atoms with Crippen LogP contribution < -0.4 is 5.32 Å². The minimum absolute atomic E-state index is 0.483. The Morgan fingerprint density at radius 3 is 2.88 bits per heavy atom. The third kappa shape index (κ3) is 3.31. The first-order chi connectivity index (χ1) is 8.29. The average Bonchev–Trinajstić information content (AvgIpc) is 2.79. The lowest BCUT2D eigenvalue weighted by atomic mass is 9.83. The highest BCUT2D eigenvalue weighted by atomic mass is 16.5. The van der Waals surface area contributed by atoms with Crippen LogP contribution in [0, 0.1) is 18.3 Å². The molecule has 0 amide bonds. The molecular weight excluding hydrogens is 214 g/mol. The van der Waals surface area contributed by atoms with Crippen LogP contribution >= 0.6 is 0 Å². The maximum atomic E-state index is 5.20. The lowest BCUT2D eigenvalue weighted by Crippen LogP contribution is -2.14. The standard InChI is InChI=1S/C13H19N3O/c1-3-8-14-9-12-15-13(16-17-12)11-6-4-10(2)5-7-11/h1,10-11,14H,4-9H2,2H3. The second kappa shape index (κ2) is 5.83. The smallest absolute Gasteiger partial charge is 0.240 e. The average molecular weight is 233 g/mol. The molecule has 0 bridgehead atoms. The molecule has 1 heterocycles. The van der Waals surface area contributed by atoms with E-state index in [2.05, 4.69) is 28.3 Å². The third-order valence-corrected chi connectivity index (χ3v) is 3.37. The van der Waals surface area contributed by atoms with Crippen molar-refractivity contribution in [1.82, 2.24) is 15.5 Å². The Morgan fingerprint density at radius 2 is 2.18 bits per heavy atom. The molecule has 92 valence electrons. The Kier molecular flexibility index (Phi) is 4.16. The van der Waals surface area contributed by atoms with E-state index in [0.717, 1.165) is 11.7 Å². The summed E-state index contributed by atoms with van der Waals surface area (Å²) in [6, 6.07) is 0. The monoisotopic (exact) mass is 233 g/mol. The molecule has 0 aliphatic heterocycles. The lowest BCUT2D eigenvalue weighted by molar-refractivity contribution is 0.322. The molecule has 0 radical (unpaired) electrons. The van der Waals surface area contributed by atoms with Gasteiger partial charge in [0.2, 0.25) is 5.89 Å². The molecule has 0 spiro atoms. The molecule has 2 rings (SSSR count). The normalized spacial score (nSPS) is 24.5. The molecular formula is C13H19N3O. The molecule has 1 aliphatic carbocycles. The van der Waals surface area contributed by atoms with Crippen LogP contribution in [-0.2, 0) is 6.54 Å². The van der Waals surface area contributed by atoms with Crippen LogP contribution in [0.2, 0.25) is 0 Å². The maximum absolute atomic E-state index is 5.20. The van der Waals surface area contributed by atoms with Crippen molar-refractivity contribution < 1.29 is 4.52 Å². The van der Waals surface area contributed by atoms with Gasteiger partial charge in [0, 0.05) is 5.92 Å². The van der Waals surface area contributed by atoms with Crippen LogP contribution in [0.3, 0.4) is 0 Å². The van der Waals surface area contributed by atoms with Crippen molar-refractivity contribution in [2.24, 2.45) is 5.92 Å². The molecule has 17 heavy (non-hydrogen) atoms. The number of nitrogens with one attached hydrogen (secondary N) is 1. The molecule has 0 unspecified atom stereocenters. The van der Waals surface area contributed by atoms with Gasteiger partial charge in [0.05, 0.1) is 13.1 Å². The van der Waals surface area contributed by atoms with Crippen LogP contribution in [0.15, 0.2) is 4.52 Å². The summed E-state index contributed by atoms with van der Waals surface area (Å²) in [7, 11) is 0. The summed E-state index contributed by atoms with van der Waals surface area (Å²) < 4.78 is 5.20. The molecule has 1 aromatic heterocycles. The Balaban J connectivity index is 1.87. The summed E-state index contributed by atoms with van der Waals surface area (Å²) in [5.74, 6) is 5.34. The SMILES string of the molecule is C#CCNCc1nc(C2CCC(C)CC2)no1. The Hall–Kier alpha value is -1.34. The first-order valence-corrected chi connectivity index (χ1v) is 6.26. The van der Waals surface area contributed by atoms with Crippen LogP contribution in [-0.4, -0.2) is 16.7 Å². The van der Waals surface area contributed by atoms with Crippen molar-refractivity contribution >= 4 is 0 Å². The van der Waals surface area contributed by atoms with Crippen molar-refractivity contribution in [3.63, 3.8) is 0 Å². The van der Waals surface area contributed by atoms with Crippen LogP contribution in [0.25, 0.3) is 0 Å². The van der Waals surface area contributed by atoms with E-state index in [1.165, 1.54) is 25.7 Å². The molecule has 0 atom stereocenters. The molecule has 1 fully saturated rings. The van der Waals surface area contributed by atoms with E-state index >= 15 is 0 Å². The molecule has 1 N–H and O–H groups in total. The lowest BCUT2D eigenvalue weighted by Gasteiger charge is -2.23. The van der Waals surface area contributed by atoms with E-state index in [4.69, 9.17) is 10.9 Å². The molecule has 4 heteroatoms. The van der Waals surface area contributed by atoms with E-state index in [-0.39, 0.29) is 0 Å². The zero-order valence-electron chi connectivity index (χ0n) is 10.3. The van der Waals surface area contributed by atoms with E-state index in [1.807, 2.05) is 0 Å². The topological polar surface area (TPSA) is 51.0 Å². The van der Waals surface area contributed by atoms with Crippen molar-refractivity contribution in [2.45, 2.75) is 45.1 Å². The van der Waals surface area contributed by atoms with Gasteiger partial charge in [-0.1, -0.05) is 30.8 Å². The van der Waals surface area contributed by atoms with Crippen LogP contribution in [0.1, 0.15) is 50.2 Å². The van der Waals surface area contributed by atoms with Crippen molar-refractivity contribution in [3.8, 4) is 12.3 Å². The van der Waals surface area contributed by atoms with Gasteiger partial charge in [-0.25, -0.2) is 0 Å². The number of rotatable bonds is 4. The largest absolute Gasteiger partial charge is 0.338 e. The van der Waals surface area contributed by atoms with E-state index in [1.54, 1.807) is 0 Å². The van der Waals surface area contributed by atoms with Crippen molar-refractivity contribution in [2.75, 3.05) is 6.54 Å². The highest BCUT2D eigenvalue weighted by molar-refractivity contribution is 4.97. The highest BCUT2D eigenvalue weighted by Crippen LogP contribution is 2.33. The van der Waals surface area contributed by atoms with Gasteiger partial charge >= 0.3 is 0 Å². The zero-order chi connectivity index (χ0) is 12.1. The van der Waals surface area contributed by atoms with Crippen molar-refractivity contribution in [3.05, 3.63) is 11.7 Å². The predicted molar refractivity (Wildman–Crippen MR) is 65.2 cm³/mol. The highest BCUT2D eigenvalue weighted by Gasteiger charge is 2.23. The Labute approximate surface area is 102 Å². The Bertz CT molecular complexity index is 386. The fourth-order valence-electron chi connectivity index (χ4n) is 2.27. The van der Waals surface area contributed by atoms with Gasteiger partial charge in [-0.15, -0.1) is 6.42 Å². The minimum Gasteiger partial charge on any atom is -0.338 e. The van der Waals surface area contributed by atoms with Crippen molar-refractivity contribution in [1.29, 1.82) is 0 Å². The number of hydrogen-bond acceptors (Lipinski definition) is 4. The van der Waals surface area contributed by atoms with Crippen LogP contribution in [0.5, 0.6) is 0 Å². The fraction of sp³-hybridized carbons (Fsp3) is 0.692. The van der Waals surface area contributed by atoms with Gasteiger partial charge in [-0.3, -0.25) is 5.32 Å². The van der Waals surface area contributed by atoms with Gasteiger partial charge in [0.1, 0.15) is 0 Å². The number of hydrogen-bond donors (Lipinski definition) is 1. The minimum atomic E-state index is 0.483. The quantitative estimate of drug-likeness (QED) is 0.639. The van der Waals surface area contributed by atoms with Gasteiger partial charge in [0.25, 0.3) is 0 Å². The van der Waals surface area contributed by atoms with Gasteiger partial charge < -0.3 is 4.52 Å². The number of terminal acetylenes is 1. The summed E-state index contributed by atoms with van der Waals surface area (Å²) in [6.07, 6.45) is 10.0. The molecule has 0 saturated heterocycles. The summed E-state index contributed by atoms with van der Waals surface area (Å²) >= 11 is 0. The second-order valence-corrected chi connectivity index (χ2v) is 4.81. The molecule has 0 aromatic carbocycles. The van der Waals surface area contributed by atoms with Gasteiger partial charge in [-0.2, -0.15) is 4.98 Å². The fourth-order valence-corrected chi connectivity index (χ4v) is 2.27. The summed E-state index contributed by atoms with van der Waals surface area (Å²) in [5.41, 5.74) is 0. The number of nitrogens with zero attached hydrogens (tertiary/aromatic N) is 2.